The van der Waals surface area contributed by atoms with Crippen molar-refractivity contribution in [3.05, 3.63) is 45.5 Å². The van der Waals surface area contributed by atoms with Crippen LogP contribution in [-0.2, 0) is 0 Å². The Bertz CT molecular complexity index is 604. The fraction of sp³-hybridized carbons (Fsp3) is 0.231. The Morgan fingerprint density at radius 3 is 2.68 bits per heavy atom. The van der Waals surface area contributed by atoms with Gasteiger partial charge in [-0.15, -0.1) is 0 Å². The van der Waals surface area contributed by atoms with Gasteiger partial charge < -0.3 is 5.32 Å². The first-order valence-corrected chi connectivity index (χ1v) is 6.89. The Morgan fingerprint density at radius 2 is 2.00 bits per heavy atom. The number of hydrogen-bond donors (Lipinski definition) is 1. The predicted octanol–water partition coefficient (Wildman–Crippen LogP) is 4.90. The second-order valence-electron chi connectivity index (χ2n) is 4.34. The van der Waals surface area contributed by atoms with Gasteiger partial charge in [0.25, 0.3) is 0 Å². The Labute approximate surface area is 124 Å². The van der Waals surface area contributed by atoms with Crippen molar-refractivity contribution in [1.82, 2.24) is 9.97 Å². The number of hydrogen-bond acceptors (Lipinski definition) is 3. The van der Waals surface area contributed by atoms with E-state index in [1.807, 2.05) is 13.8 Å². The second kappa shape index (κ2) is 5.84. The summed E-state index contributed by atoms with van der Waals surface area (Å²) in [7, 11) is 0. The maximum Gasteiger partial charge on any atom is 0.135 e. The van der Waals surface area contributed by atoms with Crippen LogP contribution in [0.15, 0.2) is 28.9 Å². The van der Waals surface area contributed by atoms with Gasteiger partial charge in [0.1, 0.15) is 22.1 Å². The first-order valence-electron chi connectivity index (χ1n) is 5.72. The fourth-order valence-electron chi connectivity index (χ4n) is 1.49. The van der Waals surface area contributed by atoms with Crippen molar-refractivity contribution >= 4 is 39.0 Å². The van der Waals surface area contributed by atoms with Crippen LogP contribution in [0, 0.1) is 5.82 Å². The molecule has 0 saturated heterocycles. The van der Waals surface area contributed by atoms with Crippen LogP contribution in [0.1, 0.15) is 25.6 Å². The van der Waals surface area contributed by atoms with Gasteiger partial charge >= 0.3 is 0 Å². The number of anilines is 2. The van der Waals surface area contributed by atoms with Crippen LogP contribution in [0.5, 0.6) is 0 Å². The van der Waals surface area contributed by atoms with Gasteiger partial charge in [-0.25, -0.2) is 14.4 Å². The lowest BCUT2D eigenvalue weighted by Crippen LogP contribution is -2.02. The van der Waals surface area contributed by atoms with E-state index in [0.29, 0.717) is 27.0 Å². The molecule has 0 spiro atoms. The molecule has 19 heavy (non-hydrogen) atoms. The van der Waals surface area contributed by atoms with E-state index in [1.165, 1.54) is 18.2 Å². The van der Waals surface area contributed by atoms with Crippen LogP contribution in [0.3, 0.4) is 0 Å². The van der Waals surface area contributed by atoms with E-state index in [9.17, 15) is 4.39 Å². The molecule has 1 aromatic heterocycles. The first kappa shape index (κ1) is 14.2. The lowest BCUT2D eigenvalue weighted by Gasteiger charge is -2.11. The van der Waals surface area contributed by atoms with Crippen LogP contribution in [-0.4, -0.2) is 9.97 Å². The molecule has 0 atom stereocenters. The molecule has 0 bridgehead atoms. The van der Waals surface area contributed by atoms with Gasteiger partial charge in [0.05, 0.1) is 10.7 Å². The molecule has 0 aliphatic carbocycles. The normalized spacial score (nSPS) is 10.8. The van der Waals surface area contributed by atoms with Crippen LogP contribution < -0.4 is 5.32 Å². The topological polar surface area (TPSA) is 37.8 Å². The predicted molar refractivity (Wildman–Crippen MR) is 78.5 cm³/mol. The molecule has 1 aromatic carbocycles. The zero-order valence-electron chi connectivity index (χ0n) is 10.4. The molecule has 0 fully saturated rings. The molecule has 0 amide bonds. The third-order valence-electron chi connectivity index (χ3n) is 2.42. The third kappa shape index (κ3) is 3.64. The summed E-state index contributed by atoms with van der Waals surface area (Å²) in [6.45, 7) is 4.00. The standard InChI is InChI=1S/C13H12BrClFN3/c1-7(2)13-18-11(14)6-12(19-13)17-10-5-8(16)3-4-9(10)15/h3-7H,1-2H3,(H,17,18,19). The molecular weight excluding hydrogens is 333 g/mol. The minimum atomic E-state index is -0.357. The maximum absolute atomic E-state index is 13.2. The highest BCUT2D eigenvalue weighted by molar-refractivity contribution is 9.10. The van der Waals surface area contributed by atoms with E-state index < -0.39 is 0 Å². The van der Waals surface area contributed by atoms with Crippen molar-refractivity contribution in [3.63, 3.8) is 0 Å². The SMILES string of the molecule is CC(C)c1nc(Br)cc(Nc2cc(F)ccc2Cl)n1. The molecular formula is C13H12BrClFN3. The van der Waals surface area contributed by atoms with Crippen LogP contribution >= 0.6 is 27.5 Å². The largest absolute Gasteiger partial charge is 0.339 e. The zero-order chi connectivity index (χ0) is 14.0. The Hall–Kier alpha value is -1.20. The number of nitrogens with zero attached hydrogens (tertiary/aromatic N) is 2. The molecule has 0 saturated carbocycles. The van der Waals surface area contributed by atoms with Gasteiger partial charge in [0.15, 0.2) is 0 Å². The van der Waals surface area contributed by atoms with E-state index in [-0.39, 0.29) is 11.7 Å². The summed E-state index contributed by atoms with van der Waals surface area (Å²) in [6.07, 6.45) is 0. The monoisotopic (exact) mass is 343 g/mol. The minimum absolute atomic E-state index is 0.195. The quantitative estimate of drug-likeness (QED) is 0.805. The average Bonchev–Trinajstić information content (AvgIpc) is 2.33. The number of halogens is 3. The highest BCUT2D eigenvalue weighted by Gasteiger charge is 2.09. The van der Waals surface area contributed by atoms with Crippen molar-refractivity contribution in [1.29, 1.82) is 0 Å². The number of rotatable bonds is 3. The Morgan fingerprint density at radius 1 is 1.26 bits per heavy atom. The van der Waals surface area contributed by atoms with Gasteiger partial charge in [0, 0.05) is 12.0 Å². The van der Waals surface area contributed by atoms with Crippen molar-refractivity contribution in [2.24, 2.45) is 0 Å². The van der Waals surface area contributed by atoms with E-state index in [4.69, 9.17) is 11.6 Å². The van der Waals surface area contributed by atoms with Crippen LogP contribution in [0.25, 0.3) is 0 Å². The molecule has 100 valence electrons. The van der Waals surface area contributed by atoms with E-state index in [0.717, 1.165) is 0 Å². The first-order chi connectivity index (χ1) is 8.95. The van der Waals surface area contributed by atoms with Crippen molar-refractivity contribution < 1.29 is 4.39 Å². The number of nitrogens with one attached hydrogen (secondary N) is 1. The van der Waals surface area contributed by atoms with Gasteiger partial charge in [-0.05, 0) is 34.1 Å². The molecule has 6 heteroatoms. The summed E-state index contributed by atoms with van der Waals surface area (Å²) in [5.74, 6) is 1.10. The maximum atomic E-state index is 13.2. The Kier molecular flexibility index (Phi) is 4.37. The summed E-state index contributed by atoms with van der Waals surface area (Å²) in [6, 6.07) is 5.85. The molecule has 0 radical (unpaired) electrons. The molecule has 3 nitrogen and oxygen atoms in total. The molecule has 2 aromatic rings. The molecule has 0 aliphatic rings. The van der Waals surface area contributed by atoms with Crippen LogP contribution in [0.2, 0.25) is 5.02 Å². The van der Waals surface area contributed by atoms with E-state index in [1.54, 1.807) is 6.07 Å². The summed E-state index contributed by atoms with van der Waals surface area (Å²) in [5.41, 5.74) is 0.474. The third-order valence-corrected chi connectivity index (χ3v) is 3.16. The minimum Gasteiger partial charge on any atom is -0.339 e. The van der Waals surface area contributed by atoms with Gasteiger partial charge in [-0.1, -0.05) is 25.4 Å². The molecule has 1 N–H and O–H groups in total. The average molecular weight is 345 g/mol. The van der Waals surface area contributed by atoms with Gasteiger partial charge in [-0.2, -0.15) is 0 Å². The smallest absolute Gasteiger partial charge is 0.135 e. The highest BCUT2D eigenvalue weighted by Crippen LogP contribution is 2.27. The van der Waals surface area contributed by atoms with Gasteiger partial charge in [-0.3, -0.25) is 0 Å². The van der Waals surface area contributed by atoms with Crippen molar-refractivity contribution in [2.45, 2.75) is 19.8 Å². The van der Waals surface area contributed by atoms with Crippen molar-refractivity contribution in [3.8, 4) is 0 Å². The zero-order valence-corrected chi connectivity index (χ0v) is 12.8. The fourth-order valence-corrected chi connectivity index (χ4v) is 2.05. The lowest BCUT2D eigenvalue weighted by molar-refractivity contribution is 0.628. The van der Waals surface area contributed by atoms with E-state index >= 15 is 0 Å². The molecule has 0 aliphatic heterocycles. The van der Waals surface area contributed by atoms with Gasteiger partial charge in [0.2, 0.25) is 0 Å². The summed E-state index contributed by atoms with van der Waals surface area (Å²) < 4.78 is 13.9. The molecule has 2 rings (SSSR count). The second-order valence-corrected chi connectivity index (χ2v) is 5.56. The highest BCUT2D eigenvalue weighted by atomic mass is 79.9. The summed E-state index contributed by atoms with van der Waals surface area (Å²) in [5, 5.41) is 3.43. The lowest BCUT2D eigenvalue weighted by atomic mass is 10.2. The van der Waals surface area contributed by atoms with E-state index in [2.05, 4.69) is 31.2 Å². The molecule has 1 heterocycles. The summed E-state index contributed by atoms with van der Waals surface area (Å²) >= 11 is 9.33. The molecule has 0 unspecified atom stereocenters. The van der Waals surface area contributed by atoms with Crippen molar-refractivity contribution in [2.75, 3.05) is 5.32 Å². The Balaban J connectivity index is 2.35. The number of benzene rings is 1. The number of aromatic nitrogens is 2. The summed E-state index contributed by atoms with van der Waals surface area (Å²) in [4.78, 5) is 8.64. The van der Waals surface area contributed by atoms with Crippen LogP contribution in [0.4, 0.5) is 15.9 Å².